The van der Waals surface area contributed by atoms with Crippen LogP contribution in [0.4, 0.5) is 0 Å². The van der Waals surface area contributed by atoms with Gasteiger partial charge in [-0.2, -0.15) is 0 Å². The van der Waals surface area contributed by atoms with E-state index in [1.807, 2.05) is 24.3 Å². The van der Waals surface area contributed by atoms with Crippen molar-refractivity contribution in [2.24, 2.45) is 7.05 Å². The fraction of sp³-hybridized carbons (Fsp3) is 0.222. The average Bonchev–Trinajstić information content (AvgIpc) is 2.80. The van der Waals surface area contributed by atoms with Crippen LogP contribution in [0.1, 0.15) is 11.3 Å². The molecule has 22 heavy (non-hydrogen) atoms. The van der Waals surface area contributed by atoms with Crippen LogP contribution in [0.3, 0.4) is 0 Å². The molecule has 114 valence electrons. The third-order valence-electron chi connectivity index (χ3n) is 3.82. The zero-order valence-corrected chi connectivity index (χ0v) is 14.3. The van der Waals surface area contributed by atoms with E-state index in [-0.39, 0.29) is 0 Å². The first-order valence-corrected chi connectivity index (χ1v) is 7.92. The first kappa shape index (κ1) is 15.1. The lowest BCUT2D eigenvalue weighted by Gasteiger charge is -2.10. The molecule has 0 unspecified atom stereocenters. The molecular formula is C18H18BrNO2. The number of hydrogen-bond acceptors (Lipinski definition) is 2. The fourth-order valence-corrected chi connectivity index (χ4v) is 2.96. The van der Waals surface area contributed by atoms with Crippen LogP contribution in [-0.4, -0.2) is 11.7 Å². The van der Waals surface area contributed by atoms with Crippen molar-refractivity contribution in [3.8, 4) is 5.75 Å². The van der Waals surface area contributed by atoms with E-state index in [4.69, 9.17) is 9.47 Å². The molecule has 0 fully saturated rings. The highest BCUT2D eigenvalue weighted by Gasteiger charge is 2.15. The number of halogens is 1. The standard InChI is InChI=1S/C18H18BrNO2/c1-20-17-6-4-3-5-15(17)16(11-21-2)18(20)12-22-14-9-7-13(19)8-10-14/h3-10H,11-12H2,1-2H3. The minimum Gasteiger partial charge on any atom is -0.487 e. The highest BCUT2D eigenvalue weighted by atomic mass is 79.9. The van der Waals surface area contributed by atoms with Gasteiger partial charge < -0.3 is 14.0 Å². The summed E-state index contributed by atoms with van der Waals surface area (Å²) in [7, 11) is 3.79. The minimum absolute atomic E-state index is 0.519. The Bertz CT molecular complexity index is 778. The lowest BCUT2D eigenvalue weighted by molar-refractivity contribution is 0.182. The summed E-state index contributed by atoms with van der Waals surface area (Å²) in [4.78, 5) is 0. The van der Waals surface area contributed by atoms with Crippen LogP contribution in [-0.2, 0) is 25.0 Å². The quantitative estimate of drug-likeness (QED) is 0.660. The zero-order chi connectivity index (χ0) is 15.5. The van der Waals surface area contributed by atoms with Gasteiger partial charge in [-0.1, -0.05) is 34.1 Å². The summed E-state index contributed by atoms with van der Waals surface area (Å²) in [6.45, 7) is 1.10. The van der Waals surface area contributed by atoms with Gasteiger partial charge in [0.1, 0.15) is 12.4 Å². The first-order valence-electron chi connectivity index (χ1n) is 7.13. The lowest BCUT2D eigenvalue weighted by atomic mass is 10.1. The zero-order valence-electron chi connectivity index (χ0n) is 12.7. The van der Waals surface area contributed by atoms with E-state index in [0.717, 1.165) is 15.9 Å². The van der Waals surface area contributed by atoms with Crippen LogP contribution in [0.2, 0.25) is 0 Å². The van der Waals surface area contributed by atoms with Crippen LogP contribution >= 0.6 is 15.9 Å². The molecule has 0 atom stereocenters. The van der Waals surface area contributed by atoms with Crippen molar-refractivity contribution < 1.29 is 9.47 Å². The van der Waals surface area contributed by atoms with Crippen molar-refractivity contribution in [1.82, 2.24) is 4.57 Å². The largest absolute Gasteiger partial charge is 0.487 e. The minimum atomic E-state index is 0.519. The normalized spacial score (nSPS) is 11.0. The number of rotatable bonds is 5. The number of fused-ring (bicyclic) bond motifs is 1. The molecule has 0 spiro atoms. The molecule has 1 aromatic heterocycles. The highest BCUT2D eigenvalue weighted by molar-refractivity contribution is 9.10. The Morgan fingerprint density at radius 3 is 2.45 bits per heavy atom. The van der Waals surface area contributed by atoms with Crippen LogP contribution in [0.25, 0.3) is 10.9 Å². The number of aromatic nitrogens is 1. The average molecular weight is 360 g/mol. The molecule has 0 amide bonds. The number of aryl methyl sites for hydroxylation is 1. The van der Waals surface area contributed by atoms with Crippen LogP contribution in [0.15, 0.2) is 53.0 Å². The summed E-state index contributed by atoms with van der Waals surface area (Å²) in [6, 6.07) is 16.2. The lowest BCUT2D eigenvalue weighted by Crippen LogP contribution is -2.05. The van der Waals surface area contributed by atoms with Gasteiger partial charge in [-0.25, -0.2) is 0 Å². The molecule has 0 aliphatic carbocycles. The van der Waals surface area contributed by atoms with Crippen molar-refractivity contribution >= 4 is 26.8 Å². The summed E-state index contributed by atoms with van der Waals surface area (Å²) in [5, 5.41) is 1.22. The third kappa shape index (κ3) is 2.89. The number of para-hydroxylation sites is 1. The van der Waals surface area contributed by atoms with Gasteiger partial charge in [0, 0.05) is 35.1 Å². The maximum atomic E-state index is 5.95. The summed E-state index contributed by atoms with van der Waals surface area (Å²) in [5.41, 5.74) is 3.53. The van der Waals surface area contributed by atoms with Gasteiger partial charge in [0.2, 0.25) is 0 Å². The fourth-order valence-electron chi connectivity index (χ4n) is 2.70. The van der Waals surface area contributed by atoms with E-state index in [2.05, 4.69) is 51.8 Å². The van der Waals surface area contributed by atoms with E-state index in [0.29, 0.717) is 13.2 Å². The number of methoxy groups -OCH3 is 1. The second-order valence-corrected chi connectivity index (χ2v) is 6.09. The number of benzene rings is 2. The Kier molecular flexibility index (Phi) is 4.50. The molecule has 1 heterocycles. The predicted octanol–water partition coefficient (Wildman–Crippen LogP) is 4.67. The Morgan fingerprint density at radius 2 is 1.73 bits per heavy atom. The molecule has 0 radical (unpaired) electrons. The topological polar surface area (TPSA) is 23.4 Å². The number of hydrogen-bond donors (Lipinski definition) is 0. The molecule has 3 nitrogen and oxygen atoms in total. The molecule has 4 heteroatoms. The third-order valence-corrected chi connectivity index (χ3v) is 4.35. The smallest absolute Gasteiger partial charge is 0.129 e. The van der Waals surface area contributed by atoms with Crippen molar-refractivity contribution in [3.63, 3.8) is 0 Å². The maximum Gasteiger partial charge on any atom is 0.129 e. The Labute approximate surface area is 138 Å². The molecule has 0 saturated carbocycles. The number of nitrogens with zero attached hydrogens (tertiary/aromatic N) is 1. The van der Waals surface area contributed by atoms with Gasteiger partial charge in [0.05, 0.1) is 12.3 Å². The predicted molar refractivity (Wildman–Crippen MR) is 92.1 cm³/mol. The Hall–Kier alpha value is -1.78. The number of ether oxygens (including phenoxy) is 2. The Balaban J connectivity index is 1.93. The van der Waals surface area contributed by atoms with Gasteiger partial charge in [-0.15, -0.1) is 0 Å². The molecule has 2 aromatic carbocycles. The molecular weight excluding hydrogens is 342 g/mol. The summed E-state index contributed by atoms with van der Waals surface area (Å²) in [6.07, 6.45) is 0. The molecule has 0 saturated heterocycles. The summed E-state index contributed by atoms with van der Waals surface area (Å²) in [5.74, 6) is 0.858. The van der Waals surface area contributed by atoms with Crippen LogP contribution in [0, 0.1) is 0 Å². The van der Waals surface area contributed by atoms with E-state index in [1.54, 1.807) is 7.11 Å². The molecule has 0 bridgehead atoms. The Morgan fingerprint density at radius 1 is 1.00 bits per heavy atom. The SMILES string of the molecule is COCc1c(COc2ccc(Br)cc2)n(C)c2ccccc12. The van der Waals surface area contributed by atoms with Crippen molar-refractivity contribution in [3.05, 3.63) is 64.3 Å². The van der Waals surface area contributed by atoms with Crippen LogP contribution < -0.4 is 4.74 Å². The van der Waals surface area contributed by atoms with Crippen molar-refractivity contribution in [2.75, 3.05) is 7.11 Å². The van der Waals surface area contributed by atoms with Gasteiger partial charge in [-0.05, 0) is 30.3 Å². The first-order chi connectivity index (χ1) is 10.7. The second kappa shape index (κ2) is 6.55. The van der Waals surface area contributed by atoms with E-state index in [1.165, 1.54) is 16.5 Å². The molecule has 3 aromatic rings. The maximum absolute atomic E-state index is 5.95. The monoisotopic (exact) mass is 359 g/mol. The summed E-state index contributed by atoms with van der Waals surface area (Å²) < 4.78 is 14.6. The van der Waals surface area contributed by atoms with E-state index in [9.17, 15) is 0 Å². The van der Waals surface area contributed by atoms with Gasteiger partial charge in [-0.3, -0.25) is 0 Å². The second-order valence-electron chi connectivity index (χ2n) is 5.18. The highest BCUT2D eigenvalue weighted by Crippen LogP contribution is 2.27. The summed E-state index contributed by atoms with van der Waals surface area (Å²) >= 11 is 3.43. The molecule has 0 aliphatic rings. The van der Waals surface area contributed by atoms with Gasteiger partial charge in [0.15, 0.2) is 0 Å². The molecule has 0 aliphatic heterocycles. The molecule has 0 N–H and O–H groups in total. The van der Waals surface area contributed by atoms with E-state index < -0.39 is 0 Å². The van der Waals surface area contributed by atoms with E-state index >= 15 is 0 Å². The van der Waals surface area contributed by atoms with Gasteiger partial charge in [0.25, 0.3) is 0 Å². The van der Waals surface area contributed by atoms with Crippen molar-refractivity contribution in [2.45, 2.75) is 13.2 Å². The van der Waals surface area contributed by atoms with Gasteiger partial charge >= 0.3 is 0 Å². The molecule has 3 rings (SSSR count). The van der Waals surface area contributed by atoms with Crippen molar-refractivity contribution in [1.29, 1.82) is 0 Å². The van der Waals surface area contributed by atoms with Crippen LogP contribution in [0.5, 0.6) is 5.75 Å².